The predicted molar refractivity (Wildman–Crippen MR) is 85.9 cm³/mol. The SMILES string of the molecule is CCOC(=O)c1nc2ccccc2nc1-c1ccc(Cl)cc1. The molecule has 4 nitrogen and oxygen atoms in total. The zero-order valence-corrected chi connectivity index (χ0v) is 12.7. The lowest BCUT2D eigenvalue weighted by Crippen LogP contribution is -2.10. The highest BCUT2D eigenvalue weighted by Gasteiger charge is 2.18. The number of carbonyl (C=O) groups is 1. The van der Waals surface area contributed by atoms with E-state index >= 15 is 0 Å². The maximum atomic E-state index is 12.2. The number of rotatable bonds is 3. The molecule has 3 rings (SSSR count). The minimum Gasteiger partial charge on any atom is -0.461 e. The molecule has 0 aliphatic heterocycles. The third kappa shape index (κ3) is 2.78. The Kier molecular flexibility index (Phi) is 4.02. The lowest BCUT2D eigenvalue weighted by molar-refractivity contribution is 0.0520. The molecule has 3 aromatic rings. The lowest BCUT2D eigenvalue weighted by atomic mass is 10.1. The second-order valence-corrected chi connectivity index (χ2v) is 5.07. The van der Waals surface area contributed by atoms with Gasteiger partial charge in [0.25, 0.3) is 0 Å². The van der Waals surface area contributed by atoms with Gasteiger partial charge in [-0.1, -0.05) is 35.9 Å². The summed E-state index contributed by atoms with van der Waals surface area (Å²) in [6.45, 7) is 2.04. The van der Waals surface area contributed by atoms with Crippen LogP contribution in [0.15, 0.2) is 48.5 Å². The number of halogens is 1. The first kappa shape index (κ1) is 14.5. The van der Waals surface area contributed by atoms with Crippen molar-refractivity contribution >= 4 is 28.6 Å². The molecule has 2 aromatic carbocycles. The highest BCUT2D eigenvalue weighted by molar-refractivity contribution is 6.30. The largest absolute Gasteiger partial charge is 0.461 e. The Bertz CT molecular complexity index is 832. The van der Waals surface area contributed by atoms with Crippen molar-refractivity contribution in [3.63, 3.8) is 0 Å². The molecule has 5 heteroatoms. The molecule has 110 valence electrons. The van der Waals surface area contributed by atoms with Crippen LogP contribution in [-0.2, 0) is 4.74 Å². The van der Waals surface area contributed by atoms with Gasteiger partial charge in [-0.05, 0) is 31.2 Å². The van der Waals surface area contributed by atoms with Crippen LogP contribution in [0.2, 0.25) is 5.02 Å². The molecule has 0 amide bonds. The first-order valence-electron chi connectivity index (χ1n) is 6.89. The molecule has 0 radical (unpaired) electrons. The average Bonchev–Trinajstić information content (AvgIpc) is 2.54. The van der Waals surface area contributed by atoms with Crippen molar-refractivity contribution in [3.8, 4) is 11.3 Å². The fraction of sp³-hybridized carbons (Fsp3) is 0.118. The van der Waals surface area contributed by atoms with Crippen molar-refractivity contribution in [1.82, 2.24) is 9.97 Å². The normalized spacial score (nSPS) is 10.6. The fourth-order valence-electron chi connectivity index (χ4n) is 2.15. The van der Waals surface area contributed by atoms with E-state index in [0.29, 0.717) is 16.2 Å². The monoisotopic (exact) mass is 312 g/mol. The van der Waals surface area contributed by atoms with Crippen LogP contribution in [0.25, 0.3) is 22.3 Å². The summed E-state index contributed by atoms with van der Waals surface area (Å²) in [4.78, 5) is 21.2. The molecule has 0 spiro atoms. The smallest absolute Gasteiger partial charge is 0.359 e. The van der Waals surface area contributed by atoms with Gasteiger partial charge in [-0.25, -0.2) is 14.8 Å². The van der Waals surface area contributed by atoms with Crippen LogP contribution < -0.4 is 0 Å². The Morgan fingerprint density at radius 3 is 2.32 bits per heavy atom. The Hall–Kier alpha value is -2.46. The Morgan fingerprint density at radius 2 is 1.68 bits per heavy atom. The van der Waals surface area contributed by atoms with E-state index in [9.17, 15) is 4.79 Å². The standard InChI is InChI=1S/C17H13ClN2O2/c1-2-22-17(21)16-15(11-7-9-12(18)10-8-11)19-13-5-3-4-6-14(13)20-16/h3-10H,2H2,1H3. The van der Waals surface area contributed by atoms with E-state index in [2.05, 4.69) is 9.97 Å². The Balaban J connectivity index is 2.22. The Labute approximate surface area is 132 Å². The van der Waals surface area contributed by atoms with Crippen molar-refractivity contribution in [1.29, 1.82) is 0 Å². The molecule has 0 unspecified atom stereocenters. The number of nitrogens with zero attached hydrogens (tertiary/aromatic N) is 2. The number of hydrogen-bond donors (Lipinski definition) is 0. The molecule has 0 aliphatic carbocycles. The van der Waals surface area contributed by atoms with E-state index in [4.69, 9.17) is 16.3 Å². The quantitative estimate of drug-likeness (QED) is 0.682. The highest BCUT2D eigenvalue weighted by atomic mass is 35.5. The summed E-state index contributed by atoms with van der Waals surface area (Å²) in [5.74, 6) is -0.481. The number of esters is 1. The molecule has 0 atom stereocenters. The van der Waals surface area contributed by atoms with Gasteiger partial charge in [-0.3, -0.25) is 0 Å². The van der Waals surface area contributed by atoms with Crippen molar-refractivity contribution in [3.05, 3.63) is 59.2 Å². The summed E-state index contributed by atoms with van der Waals surface area (Å²) in [5, 5.41) is 0.621. The van der Waals surface area contributed by atoms with Crippen molar-refractivity contribution in [2.45, 2.75) is 6.92 Å². The van der Waals surface area contributed by atoms with Gasteiger partial charge < -0.3 is 4.74 Å². The van der Waals surface area contributed by atoms with Gasteiger partial charge in [0.15, 0.2) is 5.69 Å². The van der Waals surface area contributed by atoms with Gasteiger partial charge >= 0.3 is 5.97 Å². The zero-order chi connectivity index (χ0) is 15.5. The van der Waals surface area contributed by atoms with Crippen LogP contribution in [-0.4, -0.2) is 22.5 Å². The van der Waals surface area contributed by atoms with Crippen LogP contribution in [0, 0.1) is 0 Å². The maximum absolute atomic E-state index is 12.2. The predicted octanol–water partition coefficient (Wildman–Crippen LogP) is 4.13. The highest BCUT2D eigenvalue weighted by Crippen LogP contribution is 2.25. The molecule has 0 aliphatic rings. The van der Waals surface area contributed by atoms with E-state index < -0.39 is 5.97 Å². The number of carbonyl (C=O) groups excluding carboxylic acids is 1. The minimum atomic E-state index is -0.481. The van der Waals surface area contributed by atoms with E-state index in [0.717, 1.165) is 11.1 Å². The molecular formula is C17H13ClN2O2. The summed E-state index contributed by atoms with van der Waals surface area (Å²) in [5.41, 5.74) is 2.85. The van der Waals surface area contributed by atoms with Gasteiger partial charge in [0, 0.05) is 10.6 Å². The number of fused-ring (bicyclic) bond motifs is 1. The van der Waals surface area contributed by atoms with Gasteiger partial charge in [-0.2, -0.15) is 0 Å². The number of hydrogen-bond acceptors (Lipinski definition) is 4. The summed E-state index contributed by atoms with van der Waals surface area (Å²) in [6, 6.07) is 14.5. The van der Waals surface area contributed by atoms with Crippen molar-refractivity contribution in [2.24, 2.45) is 0 Å². The lowest BCUT2D eigenvalue weighted by Gasteiger charge is -2.09. The first-order valence-corrected chi connectivity index (χ1v) is 7.26. The van der Waals surface area contributed by atoms with Gasteiger partial charge in [0.05, 0.1) is 17.6 Å². The van der Waals surface area contributed by atoms with Gasteiger partial charge in [-0.15, -0.1) is 0 Å². The van der Waals surface area contributed by atoms with Gasteiger partial charge in [0.2, 0.25) is 0 Å². The second kappa shape index (κ2) is 6.12. The van der Waals surface area contributed by atoms with E-state index in [1.807, 2.05) is 36.4 Å². The first-order chi connectivity index (χ1) is 10.7. The maximum Gasteiger partial charge on any atom is 0.359 e. The zero-order valence-electron chi connectivity index (χ0n) is 11.9. The average molecular weight is 313 g/mol. The molecule has 0 saturated carbocycles. The van der Waals surface area contributed by atoms with Crippen molar-refractivity contribution < 1.29 is 9.53 Å². The third-order valence-electron chi connectivity index (χ3n) is 3.16. The molecular weight excluding hydrogens is 300 g/mol. The topological polar surface area (TPSA) is 52.1 Å². The molecule has 22 heavy (non-hydrogen) atoms. The van der Waals surface area contributed by atoms with Crippen molar-refractivity contribution in [2.75, 3.05) is 6.61 Å². The molecule has 0 bridgehead atoms. The summed E-state index contributed by atoms with van der Waals surface area (Å²) < 4.78 is 5.10. The Morgan fingerprint density at radius 1 is 1.05 bits per heavy atom. The summed E-state index contributed by atoms with van der Waals surface area (Å²) in [7, 11) is 0. The number of aromatic nitrogens is 2. The molecule has 0 N–H and O–H groups in total. The minimum absolute atomic E-state index is 0.211. The molecule has 1 heterocycles. The van der Waals surface area contributed by atoms with Crippen LogP contribution >= 0.6 is 11.6 Å². The van der Waals surface area contributed by atoms with E-state index in [1.165, 1.54) is 0 Å². The molecule has 1 aromatic heterocycles. The molecule has 0 saturated heterocycles. The fourth-order valence-corrected chi connectivity index (χ4v) is 2.28. The van der Waals surface area contributed by atoms with E-state index in [1.54, 1.807) is 19.1 Å². The summed E-state index contributed by atoms with van der Waals surface area (Å²) >= 11 is 5.92. The van der Waals surface area contributed by atoms with Crippen LogP contribution in [0.5, 0.6) is 0 Å². The van der Waals surface area contributed by atoms with Crippen LogP contribution in [0.3, 0.4) is 0 Å². The van der Waals surface area contributed by atoms with Crippen LogP contribution in [0.4, 0.5) is 0 Å². The van der Waals surface area contributed by atoms with Crippen LogP contribution in [0.1, 0.15) is 17.4 Å². The molecule has 0 fully saturated rings. The summed E-state index contributed by atoms with van der Waals surface area (Å²) in [6.07, 6.45) is 0. The number of para-hydroxylation sites is 2. The number of benzene rings is 2. The second-order valence-electron chi connectivity index (χ2n) is 4.64. The third-order valence-corrected chi connectivity index (χ3v) is 3.41. The number of ether oxygens (including phenoxy) is 1. The van der Waals surface area contributed by atoms with Gasteiger partial charge in [0.1, 0.15) is 5.69 Å². The van der Waals surface area contributed by atoms with E-state index in [-0.39, 0.29) is 12.3 Å².